The number of nitrogens with zero attached hydrogens (tertiary/aromatic N) is 6. The molecule has 0 atom stereocenters. The standard InChI is InChI=1S/C19H19ClN6O2/c1-3-14-15(12-5-7-13(20)8-6-12)17-23-22-16-18(26(17)24-14)21-11-25(19(16)27)9-4-10-28-2/h5-8,11H,3-4,9-10H2,1-2H3. The molecular weight excluding hydrogens is 380 g/mol. The van der Waals surface area contributed by atoms with Gasteiger partial charge in [0.15, 0.2) is 16.8 Å². The van der Waals surface area contributed by atoms with E-state index in [1.54, 1.807) is 11.6 Å². The van der Waals surface area contributed by atoms with E-state index in [2.05, 4.69) is 20.3 Å². The quantitative estimate of drug-likeness (QED) is 0.464. The summed E-state index contributed by atoms with van der Waals surface area (Å²) in [7, 11) is 1.63. The number of hydrogen-bond acceptors (Lipinski definition) is 6. The first-order valence-corrected chi connectivity index (χ1v) is 9.40. The molecule has 4 rings (SSSR count). The Morgan fingerprint density at radius 3 is 2.64 bits per heavy atom. The van der Waals surface area contributed by atoms with Crippen LogP contribution in [0.25, 0.3) is 27.9 Å². The molecule has 0 spiro atoms. The molecule has 9 heteroatoms. The SMILES string of the molecule is CCc1nn2c(nnc3c(=O)n(CCCOC)cnc32)c1-c1ccc(Cl)cc1. The first kappa shape index (κ1) is 18.5. The van der Waals surface area contributed by atoms with Gasteiger partial charge in [0.2, 0.25) is 0 Å². The summed E-state index contributed by atoms with van der Waals surface area (Å²) in [5.41, 5.74) is 3.59. The second-order valence-corrected chi connectivity index (χ2v) is 6.82. The molecule has 28 heavy (non-hydrogen) atoms. The zero-order valence-corrected chi connectivity index (χ0v) is 16.3. The fraction of sp³-hybridized carbons (Fsp3) is 0.316. The zero-order chi connectivity index (χ0) is 19.7. The van der Waals surface area contributed by atoms with Gasteiger partial charge in [0, 0.05) is 25.3 Å². The summed E-state index contributed by atoms with van der Waals surface area (Å²) in [6, 6.07) is 7.49. The van der Waals surface area contributed by atoms with Crippen molar-refractivity contribution in [2.45, 2.75) is 26.3 Å². The highest BCUT2D eigenvalue weighted by Crippen LogP contribution is 2.29. The Hall–Kier alpha value is -2.84. The molecule has 0 N–H and O–H groups in total. The minimum absolute atomic E-state index is 0.195. The lowest BCUT2D eigenvalue weighted by atomic mass is 10.0. The molecule has 0 aliphatic carbocycles. The number of rotatable bonds is 6. The van der Waals surface area contributed by atoms with E-state index in [1.807, 2.05) is 31.2 Å². The van der Waals surface area contributed by atoms with Gasteiger partial charge >= 0.3 is 0 Å². The van der Waals surface area contributed by atoms with Crippen LogP contribution in [-0.2, 0) is 17.7 Å². The Balaban J connectivity index is 1.90. The lowest BCUT2D eigenvalue weighted by molar-refractivity contribution is 0.190. The summed E-state index contributed by atoms with van der Waals surface area (Å²) < 4.78 is 8.16. The van der Waals surface area contributed by atoms with E-state index in [9.17, 15) is 4.79 Å². The summed E-state index contributed by atoms with van der Waals surface area (Å²) in [6.45, 7) is 3.09. The molecule has 144 valence electrons. The molecule has 0 radical (unpaired) electrons. The molecular formula is C19H19ClN6O2. The number of benzene rings is 1. The predicted octanol–water partition coefficient (Wildman–Crippen LogP) is 2.75. The number of hydrogen-bond donors (Lipinski definition) is 0. The van der Waals surface area contributed by atoms with Crippen molar-refractivity contribution in [1.82, 2.24) is 29.4 Å². The van der Waals surface area contributed by atoms with Crippen LogP contribution < -0.4 is 5.56 Å². The van der Waals surface area contributed by atoms with Crippen LogP contribution in [0.2, 0.25) is 5.02 Å². The van der Waals surface area contributed by atoms with E-state index in [4.69, 9.17) is 16.3 Å². The fourth-order valence-corrected chi connectivity index (χ4v) is 3.33. The average Bonchev–Trinajstić information content (AvgIpc) is 3.09. The van der Waals surface area contributed by atoms with Gasteiger partial charge in [0.25, 0.3) is 5.56 Å². The summed E-state index contributed by atoms with van der Waals surface area (Å²) in [5.74, 6) is 0. The number of ether oxygens (including phenoxy) is 1. The molecule has 0 aliphatic heterocycles. The van der Waals surface area contributed by atoms with Gasteiger partial charge in [-0.2, -0.15) is 9.61 Å². The fourth-order valence-electron chi connectivity index (χ4n) is 3.20. The van der Waals surface area contributed by atoms with Gasteiger partial charge in [-0.05, 0) is 30.5 Å². The lowest BCUT2D eigenvalue weighted by Gasteiger charge is -2.06. The molecule has 0 amide bonds. The number of halogens is 1. The van der Waals surface area contributed by atoms with Crippen molar-refractivity contribution < 1.29 is 4.74 Å². The van der Waals surface area contributed by atoms with Crippen LogP contribution in [0, 0.1) is 0 Å². The number of aromatic nitrogens is 6. The van der Waals surface area contributed by atoms with Crippen molar-refractivity contribution in [1.29, 1.82) is 0 Å². The van der Waals surface area contributed by atoms with E-state index >= 15 is 0 Å². The Morgan fingerprint density at radius 1 is 1.14 bits per heavy atom. The molecule has 0 saturated carbocycles. The minimum atomic E-state index is -0.239. The molecule has 4 aromatic rings. The van der Waals surface area contributed by atoms with Crippen molar-refractivity contribution in [2.75, 3.05) is 13.7 Å². The maximum atomic E-state index is 12.8. The van der Waals surface area contributed by atoms with Gasteiger partial charge in [-0.15, -0.1) is 10.2 Å². The average molecular weight is 399 g/mol. The second kappa shape index (κ2) is 7.65. The first-order valence-electron chi connectivity index (χ1n) is 9.02. The highest BCUT2D eigenvalue weighted by Gasteiger charge is 2.19. The maximum absolute atomic E-state index is 12.8. The van der Waals surface area contributed by atoms with Crippen molar-refractivity contribution >= 4 is 28.4 Å². The van der Waals surface area contributed by atoms with E-state index in [1.165, 1.54) is 10.9 Å². The van der Waals surface area contributed by atoms with Gasteiger partial charge in [-0.25, -0.2) is 4.98 Å². The molecule has 0 fully saturated rings. The maximum Gasteiger partial charge on any atom is 0.283 e. The molecule has 3 aromatic heterocycles. The zero-order valence-electron chi connectivity index (χ0n) is 15.6. The van der Waals surface area contributed by atoms with Crippen LogP contribution in [0.5, 0.6) is 0 Å². The number of methoxy groups -OCH3 is 1. The molecule has 0 unspecified atom stereocenters. The van der Waals surface area contributed by atoms with Gasteiger partial charge in [0.1, 0.15) is 6.33 Å². The molecule has 3 heterocycles. The normalized spacial score (nSPS) is 11.5. The van der Waals surface area contributed by atoms with Gasteiger partial charge in [-0.1, -0.05) is 30.7 Å². The van der Waals surface area contributed by atoms with Crippen LogP contribution in [0.1, 0.15) is 19.0 Å². The Labute approximate surface area is 165 Å². The van der Waals surface area contributed by atoms with Gasteiger partial charge < -0.3 is 4.74 Å². The van der Waals surface area contributed by atoms with Gasteiger partial charge in [-0.3, -0.25) is 9.36 Å². The van der Waals surface area contributed by atoms with E-state index < -0.39 is 0 Å². The molecule has 0 aliphatic rings. The monoisotopic (exact) mass is 398 g/mol. The third kappa shape index (κ3) is 3.14. The number of aryl methyl sites for hydroxylation is 2. The molecule has 1 aromatic carbocycles. The Kier molecular flexibility index (Phi) is 5.06. The summed E-state index contributed by atoms with van der Waals surface area (Å²) in [5, 5.41) is 13.8. The Morgan fingerprint density at radius 2 is 1.93 bits per heavy atom. The van der Waals surface area contributed by atoms with Crippen molar-refractivity contribution in [3.63, 3.8) is 0 Å². The minimum Gasteiger partial charge on any atom is -0.385 e. The van der Waals surface area contributed by atoms with Crippen molar-refractivity contribution in [3.8, 4) is 11.1 Å². The van der Waals surface area contributed by atoms with Crippen LogP contribution >= 0.6 is 11.6 Å². The summed E-state index contributed by atoms with van der Waals surface area (Å²) in [6.07, 6.45) is 2.94. The topological polar surface area (TPSA) is 87.2 Å². The van der Waals surface area contributed by atoms with Crippen molar-refractivity contribution in [3.05, 3.63) is 51.7 Å². The highest BCUT2D eigenvalue weighted by molar-refractivity contribution is 6.30. The van der Waals surface area contributed by atoms with Crippen LogP contribution in [0.4, 0.5) is 0 Å². The lowest BCUT2D eigenvalue weighted by Crippen LogP contribution is -2.23. The number of fused-ring (bicyclic) bond motifs is 3. The van der Waals surface area contributed by atoms with Crippen LogP contribution in [0.3, 0.4) is 0 Å². The third-order valence-corrected chi connectivity index (χ3v) is 4.84. The summed E-state index contributed by atoms with van der Waals surface area (Å²) in [4.78, 5) is 17.2. The van der Waals surface area contributed by atoms with E-state index in [-0.39, 0.29) is 11.1 Å². The molecule has 0 saturated heterocycles. The third-order valence-electron chi connectivity index (χ3n) is 4.59. The molecule has 0 bridgehead atoms. The largest absolute Gasteiger partial charge is 0.385 e. The molecule has 8 nitrogen and oxygen atoms in total. The van der Waals surface area contributed by atoms with E-state index in [0.717, 1.165) is 16.8 Å². The first-order chi connectivity index (χ1) is 13.6. The van der Waals surface area contributed by atoms with Crippen LogP contribution in [-0.4, -0.2) is 43.1 Å². The van der Waals surface area contributed by atoms with Gasteiger partial charge in [0.05, 0.1) is 11.3 Å². The van der Waals surface area contributed by atoms with E-state index in [0.29, 0.717) is 42.3 Å². The summed E-state index contributed by atoms with van der Waals surface area (Å²) >= 11 is 6.02. The predicted molar refractivity (Wildman–Crippen MR) is 107 cm³/mol. The van der Waals surface area contributed by atoms with Crippen molar-refractivity contribution in [2.24, 2.45) is 0 Å². The smallest absolute Gasteiger partial charge is 0.283 e. The van der Waals surface area contributed by atoms with Crippen LogP contribution in [0.15, 0.2) is 35.4 Å². The second-order valence-electron chi connectivity index (χ2n) is 6.38. The highest BCUT2D eigenvalue weighted by atomic mass is 35.5. The Bertz CT molecular complexity index is 1200.